The maximum atomic E-state index is 12.5. The Morgan fingerprint density at radius 3 is 2.09 bits per heavy atom. The summed E-state index contributed by atoms with van der Waals surface area (Å²) in [4.78, 5) is 0.184. The minimum Gasteiger partial charge on any atom is -0.693 e. The second kappa shape index (κ2) is 7.70. The summed E-state index contributed by atoms with van der Waals surface area (Å²) in [6.45, 7) is 4.86. The Balaban J connectivity index is 0.00000264. The molecule has 0 spiro atoms. The Hall–Kier alpha value is -1.73. The van der Waals surface area contributed by atoms with E-state index >= 15 is 0 Å². The van der Waals surface area contributed by atoms with Crippen LogP contribution in [-0.4, -0.2) is 26.7 Å². The molecule has 23 heavy (non-hydrogen) atoms. The molecular weight excluding hydrogens is 312 g/mol. The Bertz CT molecular complexity index is 715. The minimum absolute atomic E-state index is 0. The molecule has 0 bridgehead atoms. The van der Waals surface area contributed by atoms with E-state index in [0.717, 1.165) is 11.1 Å². The number of aryl methyl sites for hydroxylation is 1. The lowest BCUT2D eigenvalue weighted by Gasteiger charge is -2.29. The van der Waals surface area contributed by atoms with E-state index in [4.69, 9.17) is 4.28 Å². The summed E-state index contributed by atoms with van der Waals surface area (Å²) in [6, 6.07) is 16.4. The van der Waals surface area contributed by atoms with Gasteiger partial charge in [0.05, 0.1) is 4.90 Å². The van der Waals surface area contributed by atoms with E-state index in [1.807, 2.05) is 44.2 Å². The summed E-state index contributed by atoms with van der Waals surface area (Å²) in [5.41, 5.74) is 2.04. The maximum absolute atomic E-state index is 12.5. The van der Waals surface area contributed by atoms with Crippen molar-refractivity contribution in [2.24, 2.45) is 0 Å². The van der Waals surface area contributed by atoms with Crippen molar-refractivity contribution in [1.82, 2.24) is 0 Å². The highest BCUT2D eigenvalue weighted by Gasteiger charge is 2.31. The first kappa shape index (κ1) is 19.3. The molecule has 126 valence electrons. The quantitative estimate of drug-likeness (QED) is 0.591. The van der Waals surface area contributed by atoms with Crippen molar-refractivity contribution in [2.75, 3.05) is 13.6 Å². The van der Waals surface area contributed by atoms with Crippen LogP contribution in [0.3, 0.4) is 0 Å². The van der Waals surface area contributed by atoms with Gasteiger partial charge in [-0.15, -0.1) is 0 Å². The standard InChI is InChI=1S/C17H22NO3S.H2N/c1-4-18(3,14-16-8-6-5-7-9-16)21-22(19,20)17-12-10-15(2)11-13-17;/h5-13H,4,14H2,1-3H3;1H2/q+1;-1. The number of nitrogens with two attached hydrogens (primary N) is 1. The van der Waals surface area contributed by atoms with E-state index in [9.17, 15) is 8.42 Å². The average molecular weight is 336 g/mol. The first-order valence-corrected chi connectivity index (χ1v) is 8.67. The van der Waals surface area contributed by atoms with Gasteiger partial charge >= 0.3 is 10.1 Å². The molecule has 2 aromatic carbocycles. The molecule has 0 fully saturated rings. The Kier molecular flexibility index (Phi) is 6.47. The highest BCUT2D eigenvalue weighted by atomic mass is 32.2. The zero-order valence-corrected chi connectivity index (χ0v) is 14.6. The largest absolute Gasteiger partial charge is 0.693 e. The number of hydroxylamine groups is 3. The third kappa shape index (κ3) is 5.14. The van der Waals surface area contributed by atoms with Gasteiger partial charge in [-0.25, -0.2) is 0 Å². The molecule has 5 nitrogen and oxygen atoms in total. The van der Waals surface area contributed by atoms with Crippen LogP contribution in [0.25, 0.3) is 6.15 Å². The van der Waals surface area contributed by atoms with Crippen LogP contribution in [0.4, 0.5) is 0 Å². The van der Waals surface area contributed by atoms with Crippen LogP contribution in [-0.2, 0) is 20.9 Å². The maximum Gasteiger partial charge on any atom is 0.342 e. The van der Waals surface area contributed by atoms with Crippen molar-refractivity contribution in [3.63, 3.8) is 0 Å². The molecule has 0 aliphatic heterocycles. The van der Waals surface area contributed by atoms with Crippen LogP contribution in [0, 0.1) is 6.92 Å². The molecule has 6 heteroatoms. The van der Waals surface area contributed by atoms with Crippen molar-refractivity contribution in [3.05, 3.63) is 71.9 Å². The number of quaternary nitrogens is 1. The van der Waals surface area contributed by atoms with Crippen LogP contribution >= 0.6 is 0 Å². The topological polar surface area (TPSA) is 76.9 Å². The molecule has 1 atom stereocenters. The molecule has 0 saturated heterocycles. The van der Waals surface area contributed by atoms with Gasteiger partial charge in [0.25, 0.3) is 0 Å². The molecule has 0 aliphatic rings. The molecule has 0 radical (unpaired) electrons. The van der Waals surface area contributed by atoms with E-state index in [1.54, 1.807) is 31.3 Å². The van der Waals surface area contributed by atoms with E-state index in [-0.39, 0.29) is 15.7 Å². The second-order valence-electron chi connectivity index (χ2n) is 5.60. The summed E-state index contributed by atoms with van der Waals surface area (Å²) in [7, 11) is -2.02. The van der Waals surface area contributed by atoms with Crippen molar-refractivity contribution >= 4 is 10.1 Å². The third-order valence-electron chi connectivity index (χ3n) is 3.62. The fourth-order valence-electron chi connectivity index (χ4n) is 2.15. The van der Waals surface area contributed by atoms with Gasteiger partial charge in [-0.05, 0) is 26.0 Å². The summed E-state index contributed by atoms with van der Waals surface area (Å²) in [6.07, 6.45) is 0. The van der Waals surface area contributed by atoms with Crippen LogP contribution in [0.5, 0.6) is 0 Å². The smallest absolute Gasteiger partial charge is 0.342 e. The van der Waals surface area contributed by atoms with Crippen molar-refractivity contribution in [1.29, 1.82) is 0 Å². The zero-order chi connectivity index (χ0) is 16.2. The number of nitrogens with zero attached hydrogens (tertiary/aromatic N) is 1. The molecular formula is C17H24N2O3S. The van der Waals surface area contributed by atoms with Crippen LogP contribution < -0.4 is 0 Å². The lowest BCUT2D eigenvalue weighted by molar-refractivity contribution is -1.07. The molecule has 0 heterocycles. The Labute approximate surface area is 138 Å². The summed E-state index contributed by atoms with van der Waals surface area (Å²) < 4.78 is 30.4. The van der Waals surface area contributed by atoms with Crippen LogP contribution in [0.2, 0.25) is 0 Å². The minimum atomic E-state index is -3.79. The summed E-state index contributed by atoms with van der Waals surface area (Å²) in [5.74, 6) is 0. The van der Waals surface area contributed by atoms with E-state index in [0.29, 0.717) is 13.1 Å². The Morgan fingerprint density at radius 2 is 1.57 bits per heavy atom. The van der Waals surface area contributed by atoms with E-state index in [2.05, 4.69) is 0 Å². The molecule has 0 aliphatic carbocycles. The fourth-order valence-corrected chi connectivity index (χ4v) is 3.33. The van der Waals surface area contributed by atoms with Gasteiger partial charge in [-0.2, -0.15) is 13.1 Å². The highest BCUT2D eigenvalue weighted by Crippen LogP contribution is 2.21. The van der Waals surface area contributed by atoms with E-state index < -0.39 is 10.1 Å². The molecule has 0 amide bonds. The van der Waals surface area contributed by atoms with Crippen LogP contribution in [0.1, 0.15) is 18.1 Å². The number of benzene rings is 2. The predicted octanol–water partition coefficient (Wildman–Crippen LogP) is 4.00. The molecule has 1 unspecified atom stereocenters. The van der Waals surface area contributed by atoms with Gasteiger partial charge in [0.1, 0.15) is 20.1 Å². The van der Waals surface area contributed by atoms with Gasteiger partial charge in [0, 0.05) is 5.56 Å². The fraction of sp³-hybridized carbons (Fsp3) is 0.294. The van der Waals surface area contributed by atoms with Gasteiger partial charge < -0.3 is 6.15 Å². The second-order valence-corrected chi connectivity index (χ2v) is 7.13. The highest BCUT2D eigenvalue weighted by molar-refractivity contribution is 7.86. The Morgan fingerprint density at radius 1 is 1.00 bits per heavy atom. The van der Waals surface area contributed by atoms with Crippen LogP contribution in [0.15, 0.2) is 59.5 Å². The van der Waals surface area contributed by atoms with Gasteiger partial charge in [0.15, 0.2) is 0 Å². The van der Waals surface area contributed by atoms with Gasteiger partial charge in [-0.1, -0.05) is 52.3 Å². The molecule has 0 saturated carbocycles. The van der Waals surface area contributed by atoms with Gasteiger partial charge in [0.2, 0.25) is 0 Å². The molecule has 2 aromatic rings. The molecule has 0 aromatic heterocycles. The van der Waals surface area contributed by atoms with Crippen molar-refractivity contribution < 1.29 is 17.3 Å². The normalized spacial score (nSPS) is 13.9. The monoisotopic (exact) mass is 336 g/mol. The van der Waals surface area contributed by atoms with Gasteiger partial charge in [-0.3, -0.25) is 0 Å². The number of hydrogen-bond acceptors (Lipinski definition) is 3. The average Bonchev–Trinajstić information content (AvgIpc) is 2.48. The third-order valence-corrected chi connectivity index (χ3v) is 5.02. The van der Waals surface area contributed by atoms with Crippen molar-refractivity contribution in [2.45, 2.75) is 25.3 Å². The predicted molar refractivity (Wildman–Crippen MR) is 91.6 cm³/mol. The SMILES string of the molecule is CC[N+](C)(Cc1ccccc1)OS(=O)(=O)c1ccc(C)cc1.[NH2-]. The zero-order valence-electron chi connectivity index (χ0n) is 13.8. The van der Waals surface area contributed by atoms with Crippen molar-refractivity contribution in [3.8, 4) is 0 Å². The lowest BCUT2D eigenvalue weighted by Crippen LogP contribution is -2.44. The first-order chi connectivity index (χ1) is 10.3. The lowest BCUT2D eigenvalue weighted by atomic mass is 10.2. The molecule has 2 rings (SSSR count). The number of rotatable bonds is 6. The molecule has 2 N–H and O–H groups in total. The number of hydrogen-bond donors (Lipinski definition) is 0. The first-order valence-electron chi connectivity index (χ1n) is 7.26. The van der Waals surface area contributed by atoms with E-state index in [1.165, 1.54) is 0 Å². The summed E-state index contributed by atoms with van der Waals surface area (Å²) in [5, 5.41) is 0. The summed E-state index contributed by atoms with van der Waals surface area (Å²) >= 11 is 0.